The number of aliphatic hydroxyl groups is 1. The molecule has 2 aliphatic heterocycles. The summed E-state index contributed by atoms with van der Waals surface area (Å²) in [6.45, 7) is 1.52. The Labute approximate surface area is 158 Å². The fourth-order valence-corrected chi connectivity index (χ4v) is 3.93. The van der Waals surface area contributed by atoms with Crippen molar-refractivity contribution in [3.05, 3.63) is 27.6 Å². The van der Waals surface area contributed by atoms with E-state index in [2.05, 4.69) is 0 Å². The predicted octanol–water partition coefficient (Wildman–Crippen LogP) is -0.394. The molecule has 1 saturated heterocycles. The number of β-lactam (4-membered cyclic amide) rings is 1. The number of aliphatic hydroxyl groups excluding tert-OH is 1. The molecule has 23 heavy (non-hydrogen) atoms. The van der Waals surface area contributed by atoms with Crippen LogP contribution in [0.5, 0.6) is 0 Å². The van der Waals surface area contributed by atoms with Crippen molar-refractivity contribution in [3.63, 3.8) is 0 Å². The third kappa shape index (κ3) is 2.74. The summed E-state index contributed by atoms with van der Waals surface area (Å²) >= 11 is 1.13. The van der Waals surface area contributed by atoms with Gasteiger partial charge in [-0.05, 0) is 35.9 Å². The van der Waals surface area contributed by atoms with Gasteiger partial charge in [0.15, 0.2) is 0 Å². The van der Waals surface area contributed by atoms with Crippen LogP contribution in [0.4, 0.5) is 0 Å². The van der Waals surface area contributed by atoms with Crippen molar-refractivity contribution < 1.29 is 24.6 Å². The number of hydrogen-bond donors (Lipinski definition) is 3. The number of carbonyl (C=O) groups excluding carboxylic acids is 2. The van der Waals surface area contributed by atoms with Crippen LogP contribution in [0, 0.1) is 5.92 Å². The first-order chi connectivity index (χ1) is 10.3. The van der Waals surface area contributed by atoms with Crippen LogP contribution in [0.3, 0.4) is 0 Å². The Bertz CT molecular complexity index is 727. The van der Waals surface area contributed by atoms with Gasteiger partial charge in [0, 0.05) is 0 Å². The number of amides is 2. The van der Waals surface area contributed by atoms with Crippen molar-refractivity contribution in [1.29, 1.82) is 0 Å². The number of hydrogen-bond acceptors (Lipinski definition) is 5. The monoisotopic (exact) mass is 346 g/mol. The van der Waals surface area contributed by atoms with Crippen molar-refractivity contribution in [2.45, 2.75) is 25.5 Å². The van der Waals surface area contributed by atoms with E-state index < -0.39 is 23.9 Å². The van der Waals surface area contributed by atoms with Crippen LogP contribution in [0.15, 0.2) is 17.1 Å². The number of carboxylic acid groups (broad SMARTS) is 1. The summed E-state index contributed by atoms with van der Waals surface area (Å²) in [5, 5.41) is 20.8. The number of carboxylic acids is 1. The fraction of sp³-hybridized carbons (Fsp3) is 0.357. The van der Waals surface area contributed by atoms with Gasteiger partial charge in [-0.3, -0.25) is 9.59 Å². The summed E-state index contributed by atoms with van der Waals surface area (Å²) in [6.07, 6.45) is -0.482. The van der Waals surface area contributed by atoms with E-state index in [1.165, 1.54) is 11.8 Å². The van der Waals surface area contributed by atoms with E-state index >= 15 is 0 Å². The summed E-state index contributed by atoms with van der Waals surface area (Å²) in [7, 11) is 0. The molecule has 2 aliphatic rings. The van der Waals surface area contributed by atoms with Gasteiger partial charge in [-0.25, -0.2) is 4.79 Å². The van der Waals surface area contributed by atoms with E-state index in [1.807, 2.05) is 0 Å². The summed E-state index contributed by atoms with van der Waals surface area (Å²) in [5.41, 5.74) is 6.23. The molecule has 1 aromatic rings. The number of rotatable bonds is 4. The zero-order valence-electron chi connectivity index (χ0n) is 11.6. The minimum atomic E-state index is -1.19. The molecule has 118 valence electrons. The number of carbonyl (C=O) groups is 3. The topological polar surface area (TPSA) is 121 Å². The third-order valence-electron chi connectivity index (χ3n) is 4.12. The molecule has 3 heterocycles. The SMILES string of the molecule is C[C@@H](O)[C@H]1C(=O)N2C(C(=O)O)=C(c3csc(C(N)=O)c3)C[C@H]12.[NaH]. The Kier molecular flexibility index (Phi) is 5.03. The predicted molar refractivity (Wildman–Crippen MR) is 85.0 cm³/mol. The van der Waals surface area contributed by atoms with Crippen molar-refractivity contribution in [2.24, 2.45) is 11.7 Å². The molecule has 0 aliphatic carbocycles. The van der Waals surface area contributed by atoms with E-state index in [9.17, 15) is 24.6 Å². The van der Waals surface area contributed by atoms with Gasteiger partial charge in [0.1, 0.15) is 5.70 Å². The van der Waals surface area contributed by atoms with Crippen molar-refractivity contribution >= 4 is 64.3 Å². The zero-order valence-corrected chi connectivity index (χ0v) is 12.5. The number of aliphatic carboxylic acids is 1. The Balaban J connectivity index is 0.00000192. The molecular formula is C14H15N2NaO5S. The van der Waals surface area contributed by atoms with Gasteiger partial charge in [-0.1, -0.05) is 0 Å². The Morgan fingerprint density at radius 3 is 2.61 bits per heavy atom. The number of nitrogens with two attached hydrogens (primary N) is 1. The molecule has 0 bridgehead atoms. The van der Waals surface area contributed by atoms with Crippen LogP contribution in [0.2, 0.25) is 0 Å². The summed E-state index contributed by atoms with van der Waals surface area (Å²) in [5.74, 6) is -2.73. The van der Waals surface area contributed by atoms with E-state index in [-0.39, 0.29) is 47.2 Å². The summed E-state index contributed by atoms with van der Waals surface area (Å²) < 4.78 is 0. The molecule has 0 aromatic carbocycles. The molecule has 0 saturated carbocycles. The average Bonchev–Trinajstić information content (AvgIpc) is 2.99. The van der Waals surface area contributed by atoms with Crippen LogP contribution in [-0.4, -0.2) is 74.6 Å². The molecule has 1 fully saturated rings. The second-order valence-corrected chi connectivity index (χ2v) is 6.35. The Hall–Kier alpha value is -1.19. The maximum absolute atomic E-state index is 12.1. The molecule has 9 heteroatoms. The van der Waals surface area contributed by atoms with Gasteiger partial charge in [0.2, 0.25) is 5.91 Å². The number of thiophene rings is 1. The molecule has 3 atom stereocenters. The number of primary amides is 1. The fourth-order valence-electron chi connectivity index (χ4n) is 3.15. The third-order valence-corrected chi connectivity index (χ3v) is 5.07. The molecule has 3 rings (SSSR count). The minimum absolute atomic E-state index is 0. The molecule has 0 spiro atoms. The first kappa shape index (κ1) is 18.2. The first-order valence-corrected chi connectivity index (χ1v) is 7.57. The quantitative estimate of drug-likeness (QED) is 0.506. The Morgan fingerprint density at radius 2 is 2.13 bits per heavy atom. The Morgan fingerprint density at radius 1 is 1.48 bits per heavy atom. The molecule has 2 amide bonds. The van der Waals surface area contributed by atoms with E-state index in [4.69, 9.17) is 5.73 Å². The molecular weight excluding hydrogens is 331 g/mol. The number of fused-ring (bicyclic) bond motifs is 1. The van der Waals surface area contributed by atoms with Gasteiger partial charge in [0.05, 0.1) is 22.9 Å². The summed E-state index contributed by atoms with van der Waals surface area (Å²) in [4.78, 5) is 36.4. The van der Waals surface area contributed by atoms with Gasteiger partial charge < -0.3 is 20.8 Å². The van der Waals surface area contributed by atoms with Gasteiger partial charge in [0.25, 0.3) is 5.91 Å². The second-order valence-electron chi connectivity index (χ2n) is 5.44. The van der Waals surface area contributed by atoms with E-state index in [0.29, 0.717) is 22.4 Å². The van der Waals surface area contributed by atoms with Crippen LogP contribution >= 0.6 is 11.3 Å². The normalized spacial score (nSPS) is 23.9. The van der Waals surface area contributed by atoms with Gasteiger partial charge in [-0.15, -0.1) is 11.3 Å². The zero-order chi connectivity index (χ0) is 16.2. The standard InChI is InChI=1S/C14H14N2O5S.Na.H/c1-5(17)10-8-3-7(6-2-9(12(15)18)22-4-6)11(14(20)21)16(8)13(10)19;;/h2,4-5,8,10,17H,3H2,1H3,(H2,15,18)(H,20,21);;/t5-,8-,10-;;/m1../s1. The average molecular weight is 346 g/mol. The second kappa shape index (κ2) is 6.37. The maximum atomic E-state index is 12.1. The molecule has 0 unspecified atom stereocenters. The van der Waals surface area contributed by atoms with Crippen LogP contribution in [0.25, 0.3) is 5.57 Å². The van der Waals surface area contributed by atoms with Crippen molar-refractivity contribution in [3.8, 4) is 0 Å². The van der Waals surface area contributed by atoms with Crippen molar-refractivity contribution in [1.82, 2.24) is 4.90 Å². The van der Waals surface area contributed by atoms with Crippen LogP contribution in [-0.2, 0) is 9.59 Å². The van der Waals surface area contributed by atoms with Crippen molar-refractivity contribution in [2.75, 3.05) is 0 Å². The van der Waals surface area contributed by atoms with Crippen LogP contribution < -0.4 is 5.73 Å². The van der Waals surface area contributed by atoms with E-state index in [1.54, 1.807) is 11.4 Å². The van der Waals surface area contributed by atoms with E-state index in [0.717, 1.165) is 11.3 Å². The van der Waals surface area contributed by atoms with Crippen LogP contribution in [0.1, 0.15) is 28.6 Å². The molecule has 4 N–H and O–H groups in total. The molecule has 7 nitrogen and oxygen atoms in total. The molecule has 1 aromatic heterocycles. The summed E-state index contributed by atoms with van der Waals surface area (Å²) in [6, 6.07) is 1.20. The van der Waals surface area contributed by atoms with Gasteiger partial charge >= 0.3 is 35.5 Å². The van der Waals surface area contributed by atoms with Gasteiger partial charge in [-0.2, -0.15) is 0 Å². The first-order valence-electron chi connectivity index (χ1n) is 6.69. The molecule has 0 radical (unpaired) electrons. The number of nitrogens with zero attached hydrogens (tertiary/aromatic N) is 1.